The number of piperazine rings is 1. The molecule has 10 heteroatoms. The maximum absolute atomic E-state index is 13.5. The summed E-state index contributed by atoms with van der Waals surface area (Å²) in [4.78, 5) is 20.2. The topological polar surface area (TPSA) is 92.9 Å². The van der Waals surface area contributed by atoms with E-state index in [1.165, 1.54) is 31.4 Å². The zero-order chi connectivity index (χ0) is 23.6. The molecule has 0 saturated carbocycles. The minimum Gasteiger partial charge on any atom is -0.419 e. The Balaban J connectivity index is 1.74. The number of halogens is 1. The summed E-state index contributed by atoms with van der Waals surface area (Å²) in [6, 6.07) is 13.4. The second kappa shape index (κ2) is 9.54. The molecular formula is C23H24ClN3O5S. The zero-order valence-electron chi connectivity index (χ0n) is 18.3. The number of hydrogen-bond donors (Lipinski definition) is 0. The number of rotatable bonds is 6. The summed E-state index contributed by atoms with van der Waals surface area (Å²) in [5.74, 6) is 0.292. The molecule has 2 aromatic carbocycles. The molecule has 1 fully saturated rings. The third kappa shape index (κ3) is 4.75. The Morgan fingerprint density at radius 1 is 1.09 bits per heavy atom. The van der Waals surface area contributed by atoms with Gasteiger partial charge in [-0.3, -0.25) is 4.79 Å². The number of ether oxygens (including phenoxy) is 1. The van der Waals surface area contributed by atoms with Crippen molar-refractivity contribution in [3.05, 3.63) is 59.1 Å². The minimum atomic E-state index is -3.98. The van der Waals surface area contributed by atoms with E-state index in [1.807, 2.05) is 36.1 Å². The number of methoxy groups -OCH3 is 1. The van der Waals surface area contributed by atoms with E-state index in [-0.39, 0.29) is 34.2 Å². The predicted molar refractivity (Wildman–Crippen MR) is 124 cm³/mol. The van der Waals surface area contributed by atoms with Crippen molar-refractivity contribution in [1.82, 2.24) is 9.88 Å². The normalized spacial score (nSPS) is 14.5. The standard InChI is InChI=1S/C23H24ClN3O5S/c1-16-5-3-4-6-19(16)21-25-22(33(29,30)18-9-7-17(24)8-10-18)23(32-21)27-13-11-26(12-14-27)20(28)15-31-2/h3-10H,11-15H2,1-2H3. The summed E-state index contributed by atoms with van der Waals surface area (Å²) < 4.78 is 38.1. The summed E-state index contributed by atoms with van der Waals surface area (Å²) >= 11 is 5.95. The fourth-order valence-corrected chi connectivity index (χ4v) is 5.15. The lowest BCUT2D eigenvalue weighted by molar-refractivity contribution is -0.135. The molecule has 1 aliphatic rings. The predicted octanol–water partition coefficient (Wildman–Crippen LogP) is 3.43. The molecule has 174 valence electrons. The van der Waals surface area contributed by atoms with Gasteiger partial charge in [-0.15, -0.1) is 0 Å². The third-order valence-electron chi connectivity index (χ3n) is 5.52. The number of anilines is 1. The summed E-state index contributed by atoms with van der Waals surface area (Å²) in [7, 11) is -2.50. The number of aromatic nitrogens is 1. The van der Waals surface area contributed by atoms with Crippen molar-refractivity contribution < 1.29 is 22.4 Å². The van der Waals surface area contributed by atoms with Gasteiger partial charge in [0.2, 0.25) is 32.5 Å². The van der Waals surface area contributed by atoms with Gasteiger partial charge in [-0.05, 0) is 42.8 Å². The van der Waals surface area contributed by atoms with E-state index in [1.54, 1.807) is 4.90 Å². The number of aryl methyl sites for hydroxylation is 1. The van der Waals surface area contributed by atoms with Gasteiger partial charge in [0.05, 0.1) is 4.90 Å². The molecule has 0 radical (unpaired) electrons. The van der Waals surface area contributed by atoms with E-state index in [2.05, 4.69) is 4.98 Å². The summed E-state index contributed by atoms with van der Waals surface area (Å²) in [6.45, 7) is 3.57. The van der Waals surface area contributed by atoms with Crippen LogP contribution >= 0.6 is 11.6 Å². The first-order chi connectivity index (χ1) is 15.8. The highest BCUT2D eigenvalue weighted by Crippen LogP contribution is 2.36. The van der Waals surface area contributed by atoms with Gasteiger partial charge in [-0.2, -0.15) is 4.98 Å². The van der Waals surface area contributed by atoms with Crippen LogP contribution in [0.3, 0.4) is 0 Å². The average molecular weight is 490 g/mol. The van der Waals surface area contributed by atoms with Crippen LogP contribution in [-0.2, 0) is 19.4 Å². The number of oxazole rings is 1. The van der Waals surface area contributed by atoms with Gasteiger partial charge in [0.1, 0.15) is 6.61 Å². The molecule has 33 heavy (non-hydrogen) atoms. The number of benzene rings is 2. The molecule has 0 unspecified atom stereocenters. The lowest BCUT2D eigenvalue weighted by Gasteiger charge is -2.34. The molecule has 1 aliphatic heterocycles. The Morgan fingerprint density at radius 3 is 2.39 bits per heavy atom. The number of amides is 1. The first kappa shape index (κ1) is 23.3. The van der Waals surface area contributed by atoms with Crippen molar-refractivity contribution >= 4 is 33.2 Å². The lowest BCUT2D eigenvalue weighted by Crippen LogP contribution is -2.49. The SMILES string of the molecule is COCC(=O)N1CCN(c2oc(-c3ccccc3C)nc2S(=O)(=O)c2ccc(Cl)cc2)CC1. The van der Waals surface area contributed by atoms with Gasteiger partial charge in [0.25, 0.3) is 0 Å². The van der Waals surface area contributed by atoms with Crippen LogP contribution in [0.1, 0.15) is 5.56 Å². The Kier molecular flexibility index (Phi) is 6.73. The molecule has 0 N–H and O–H groups in total. The largest absolute Gasteiger partial charge is 0.419 e. The van der Waals surface area contributed by atoms with Gasteiger partial charge in [0.15, 0.2) is 0 Å². The van der Waals surface area contributed by atoms with E-state index in [0.29, 0.717) is 36.8 Å². The molecular weight excluding hydrogens is 466 g/mol. The number of hydrogen-bond acceptors (Lipinski definition) is 7. The van der Waals surface area contributed by atoms with Gasteiger partial charge >= 0.3 is 0 Å². The van der Waals surface area contributed by atoms with Crippen molar-refractivity contribution in [2.24, 2.45) is 0 Å². The van der Waals surface area contributed by atoms with Crippen molar-refractivity contribution in [3.63, 3.8) is 0 Å². The number of carbonyl (C=O) groups is 1. The molecule has 0 bridgehead atoms. The Hall–Kier alpha value is -2.88. The maximum atomic E-state index is 13.5. The Morgan fingerprint density at radius 2 is 1.76 bits per heavy atom. The molecule has 0 aliphatic carbocycles. The highest BCUT2D eigenvalue weighted by molar-refractivity contribution is 7.91. The van der Waals surface area contributed by atoms with Crippen LogP contribution < -0.4 is 4.90 Å². The number of sulfone groups is 1. The van der Waals surface area contributed by atoms with E-state index < -0.39 is 9.84 Å². The van der Waals surface area contributed by atoms with Gasteiger partial charge in [-0.1, -0.05) is 29.8 Å². The van der Waals surface area contributed by atoms with Crippen LogP contribution in [0.4, 0.5) is 5.88 Å². The molecule has 1 amide bonds. The molecule has 2 heterocycles. The second-order valence-electron chi connectivity index (χ2n) is 7.70. The molecule has 3 aromatic rings. The van der Waals surface area contributed by atoms with Crippen LogP contribution in [0.2, 0.25) is 5.02 Å². The smallest absolute Gasteiger partial charge is 0.248 e. The van der Waals surface area contributed by atoms with Crippen molar-refractivity contribution in [2.75, 3.05) is 44.8 Å². The maximum Gasteiger partial charge on any atom is 0.248 e. The van der Waals surface area contributed by atoms with Gasteiger partial charge in [0, 0.05) is 43.9 Å². The van der Waals surface area contributed by atoms with E-state index >= 15 is 0 Å². The average Bonchev–Trinajstić information content (AvgIpc) is 3.26. The quantitative estimate of drug-likeness (QED) is 0.523. The van der Waals surface area contributed by atoms with E-state index in [0.717, 1.165) is 5.56 Å². The molecule has 8 nitrogen and oxygen atoms in total. The van der Waals surface area contributed by atoms with Crippen LogP contribution in [0.5, 0.6) is 0 Å². The van der Waals surface area contributed by atoms with Crippen molar-refractivity contribution in [2.45, 2.75) is 16.8 Å². The third-order valence-corrected chi connectivity index (χ3v) is 7.44. The Bertz CT molecular complexity index is 1250. The van der Waals surface area contributed by atoms with Crippen LogP contribution in [0, 0.1) is 6.92 Å². The van der Waals surface area contributed by atoms with Gasteiger partial charge in [-0.25, -0.2) is 8.42 Å². The monoisotopic (exact) mass is 489 g/mol. The Labute approximate surface area is 197 Å². The first-order valence-corrected chi connectivity index (χ1v) is 12.3. The second-order valence-corrected chi connectivity index (χ2v) is 10.0. The zero-order valence-corrected chi connectivity index (χ0v) is 19.9. The van der Waals surface area contributed by atoms with E-state index in [4.69, 9.17) is 20.8 Å². The van der Waals surface area contributed by atoms with E-state index in [9.17, 15) is 13.2 Å². The van der Waals surface area contributed by atoms with Gasteiger partial charge < -0.3 is 19.0 Å². The fourth-order valence-electron chi connectivity index (χ4n) is 3.70. The highest BCUT2D eigenvalue weighted by atomic mass is 35.5. The molecule has 1 saturated heterocycles. The summed E-state index contributed by atoms with van der Waals surface area (Å²) in [5, 5.41) is 0.284. The lowest BCUT2D eigenvalue weighted by atomic mass is 10.1. The highest BCUT2D eigenvalue weighted by Gasteiger charge is 2.33. The minimum absolute atomic E-state index is 0.00986. The van der Waals surface area contributed by atoms with Crippen LogP contribution in [-0.4, -0.2) is 64.1 Å². The van der Waals surface area contributed by atoms with Crippen molar-refractivity contribution in [3.8, 4) is 11.5 Å². The van der Waals surface area contributed by atoms with Crippen molar-refractivity contribution in [1.29, 1.82) is 0 Å². The summed E-state index contributed by atoms with van der Waals surface area (Å²) in [5.41, 5.74) is 1.63. The fraction of sp³-hybridized carbons (Fsp3) is 0.304. The molecule has 4 rings (SSSR count). The molecule has 0 atom stereocenters. The first-order valence-electron chi connectivity index (χ1n) is 10.4. The summed E-state index contributed by atoms with van der Waals surface area (Å²) in [6.07, 6.45) is 0. The van der Waals surface area contributed by atoms with Crippen LogP contribution in [0.25, 0.3) is 11.5 Å². The van der Waals surface area contributed by atoms with Crippen LogP contribution in [0.15, 0.2) is 62.9 Å². The number of nitrogens with zero attached hydrogens (tertiary/aromatic N) is 3. The molecule has 1 aromatic heterocycles. The molecule has 0 spiro atoms. The number of carbonyl (C=O) groups excluding carboxylic acids is 1.